The van der Waals surface area contributed by atoms with E-state index in [1.807, 2.05) is 54.6 Å². The van der Waals surface area contributed by atoms with Crippen molar-refractivity contribution < 1.29 is 19.1 Å². The van der Waals surface area contributed by atoms with Gasteiger partial charge in [0.1, 0.15) is 18.4 Å². The average Bonchev–Trinajstić information content (AvgIpc) is 3.16. The molecule has 0 spiro atoms. The molecule has 5 rings (SSSR count). The summed E-state index contributed by atoms with van der Waals surface area (Å²) in [5.41, 5.74) is 4.59. The zero-order valence-corrected chi connectivity index (χ0v) is 18.2. The van der Waals surface area contributed by atoms with Crippen LogP contribution < -0.4 is 10.1 Å². The van der Waals surface area contributed by atoms with Gasteiger partial charge in [-0.1, -0.05) is 78.9 Å². The maximum atomic E-state index is 12.5. The van der Waals surface area contributed by atoms with E-state index < -0.39 is 18.1 Å². The largest absolute Gasteiger partial charge is 0.449 e. The third-order valence-electron chi connectivity index (χ3n) is 5.97. The lowest BCUT2D eigenvalue weighted by Crippen LogP contribution is -2.41. The summed E-state index contributed by atoms with van der Waals surface area (Å²) in [6.07, 6.45) is -0.653. The molecule has 0 aromatic heterocycles. The summed E-state index contributed by atoms with van der Waals surface area (Å²) in [7, 11) is 0. The van der Waals surface area contributed by atoms with E-state index in [0.29, 0.717) is 5.75 Å². The maximum Gasteiger partial charge on any atom is 0.407 e. The summed E-state index contributed by atoms with van der Waals surface area (Å²) in [6.45, 7) is 1.76. The van der Waals surface area contributed by atoms with E-state index in [4.69, 9.17) is 9.47 Å². The van der Waals surface area contributed by atoms with Gasteiger partial charge in [0.2, 0.25) is 0 Å². The smallest absolute Gasteiger partial charge is 0.407 e. The highest BCUT2D eigenvalue weighted by Crippen LogP contribution is 2.44. The number of carbonyl (C=O) groups is 2. The van der Waals surface area contributed by atoms with Crippen LogP contribution in [0.1, 0.15) is 24.0 Å². The van der Waals surface area contributed by atoms with Crippen LogP contribution in [0.2, 0.25) is 0 Å². The highest BCUT2D eigenvalue weighted by Gasteiger charge is 2.29. The summed E-state index contributed by atoms with van der Waals surface area (Å²) in [4.78, 5) is 24.9. The summed E-state index contributed by atoms with van der Waals surface area (Å²) in [6, 6.07) is 28.7. The van der Waals surface area contributed by atoms with Crippen molar-refractivity contribution in [3.8, 4) is 16.9 Å². The molecule has 0 saturated heterocycles. The van der Waals surface area contributed by atoms with Gasteiger partial charge in [-0.15, -0.1) is 0 Å². The molecule has 1 aliphatic carbocycles. The quantitative estimate of drug-likeness (QED) is 0.323. The van der Waals surface area contributed by atoms with Crippen molar-refractivity contribution in [3.05, 3.63) is 102 Å². The van der Waals surface area contributed by atoms with Crippen LogP contribution in [0.4, 0.5) is 4.79 Å². The Morgan fingerprint density at radius 2 is 1.42 bits per heavy atom. The van der Waals surface area contributed by atoms with E-state index in [-0.39, 0.29) is 12.5 Å². The van der Waals surface area contributed by atoms with Crippen molar-refractivity contribution in [2.45, 2.75) is 18.9 Å². The molecule has 4 aromatic rings. The summed E-state index contributed by atoms with van der Waals surface area (Å²) >= 11 is 0. The van der Waals surface area contributed by atoms with E-state index in [1.54, 1.807) is 19.1 Å². The molecule has 33 heavy (non-hydrogen) atoms. The van der Waals surface area contributed by atoms with Gasteiger partial charge in [-0.25, -0.2) is 9.59 Å². The molecule has 0 fully saturated rings. The second-order valence-electron chi connectivity index (χ2n) is 8.12. The second kappa shape index (κ2) is 8.79. The lowest BCUT2D eigenvalue weighted by molar-refractivity contribution is -0.136. The number of ether oxygens (including phenoxy) is 2. The molecule has 1 amide bonds. The molecule has 0 bridgehead atoms. The second-order valence-corrected chi connectivity index (χ2v) is 8.12. The van der Waals surface area contributed by atoms with Gasteiger partial charge in [0.15, 0.2) is 0 Å². The van der Waals surface area contributed by atoms with Gasteiger partial charge in [0.25, 0.3) is 0 Å². The Labute approximate surface area is 192 Å². The van der Waals surface area contributed by atoms with Crippen LogP contribution in [0.15, 0.2) is 91.0 Å². The van der Waals surface area contributed by atoms with E-state index in [1.165, 1.54) is 0 Å². The Kier molecular flexibility index (Phi) is 5.53. The topological polar surface area (TPSA) is 64.6 Å². The first-order valence-corrected chi connectivity index (χ1v) is 10.9. The van der Waals surface area contributed by atoms with Gasteiger partial charge < -0.3 is 14.8 Å². The van der Waals surface area contributed by atoms with Crippen molar-refractivity contribution in [3.63, 3.8) is 0 Å². The number of hydrogen-bond acceptors (Lipinski definition) is 4. The molecule has 1 N–H and O–H groups in total. The molecular weight excluding hydrogens is 414 g/mol. The minimum atomic E-state index is -0.855. The molecular formula is C28H23NO4. The first-order chi connectivity index (χ1) is 16.1. The average molecular weight is 437 g/mol. The Hall–Kier alpha value is -4.12. The Morgan fingerprint density at radius 1 is 0.818 bits per heavy atom. The standard InChI is InChI=1S/C28H23NO4/c1-18(27(30)33-21-15-14-19-8-2-3-9-20(19)16-21)29-28(31)32-17-26-24-12-6-4-10-22(24)23-11-5-7-13-25(23)26/h2-16,18,26H,17H2,1H3,(H,29,31)/t18-/m0/s1. The van der Waals surface area contributed by atoms with Crippen LogP contribution in [0.3, 0.4) is 0 Å². The molecule has 1 aliphatic rings. The van der Waals surface area contributed by atoms with Crippen LogP contribution in [-0.4, -0.2) is 24.7 Å². The SMILES string of the molecule is C[C@H](NC(=O)OCC1c2ccccc2-c2ccccc21)C(=O)Oc1ccc2ccccc2c1. The summed E-state index contributed by atoms with van der Waals surface area (Å²) in [5.74, 6) is -0.165. The third-order valence-corrected chi connectivity index (χ3v) is 5.97. The Balaban J connectivity index is 1.20. The molecule has 5 heteroatoms. The maximum absolute atomic E-state index is 12.5. The van der Waals surface area contributed by atoms with E-state index in [9.17, 15) is 9.59 Å². The van der Waals surface area contributed by atoms with Crippen molar-refractivity contribution in [1.82, 2.24) is 5.32 Å². The van der Waals surface area contributed by atoms with E-state index in [2.05, 4.69) is 29.6 Å². The van der Waals surface area contributed by atoms with Gasteiger partial charge in [-0.2, -0.15) is 0 Å². The highest BCUT2D eigenvalue weighted by atomic mass is 16.6. The molecule has 0 saturated carbocycles. The van der Waals surface area contributed by atoms with Gasteiger partial charge in [-0.05, 0) is 52.1 Å². The number of esters is 1. The zero-order chi connectivity index (χ0) is 22.8. The first kappa shape index (κ1) is 20.8. The van der Waals surface area contributed by atoms with E-state index in [0.717, 1.165) is 33.0 Å². The van der Waals surface area contributed by atoms with Gasteiger partial charge in [0.05, 0.1) is 0 Å². The lowest BCUT2D eigenvalue weighted by Gasteiger charge is -2.17. The lowest BCUT2D eigenvalue weighted by atomic mass is 9.98. The normalized spacial score (nSPS) is 13.1. The molecule has 0 radical (unpaired) electrons. The Bertz CT molecular complexity index is 1300. The fourth-order valence-electron chi connectivity index (χ4n) is 4.31. The highest BCUT2D eigenvalue weighted by molar-refractivity contribution is 5.86. The van der Waals surface area contributed by atoms with Crippen LogP contribution >= 0.6 is 0 Å². The predicted octanol–water partition coefficient (Wildman–Crippen LogP) is 5.67. The fourth-order valence-corrected chi connectivity index (χ4v) is 4.31. The van der Waals surface area contributed by atoms with Gasteiger partial charge in [-0.3, -0.25) is 0 Å². The van der Waals surface area contributed by atoms with Crippen molar-refractivity contribution in [2.75, 3.05) is 6.61 Å². The molecule has 0 heterocycles. The number of carbonyl (C=O) groups excluding carboxylic acids is 2. The number of nitrogens with one attached hydrogen (secondary N) is 1. The van der Waals surface area contributed by atoms with Crippen molar-refractivity contribution >= 4 is 22.8 Å². The molecule has 164 valence electrons. The minimum Gasteiger partial charge on any atom is -0.449 e. The monoisotopic (exact) mass is 437 g/mol. The van der Waals surface area contributed by atoms with Crippen LogP contribution in [0, 0.1) is 0 Å². The summed E-state index contributed by atoms with van der Waals surface area (Å²) < 4.78 is 11.0. The third kappa shape index (κ3) is 4.17. The van der Waals surface area contributed by atoms with Crippen molar-refractivity contribution in [2.24, 2.45) is 0 Å². The predicted molar refractivity (Wildman–Crippen MR) is 127 cm³/mol. The number of rotatable bonds is 5. The molecule has 0 aliphatic heterocycles. The summed E-state index contributed by atoms with van der Waals surface area (Å²) in [5, 5.41) is 4.60. The van der Waals surface area contributed by atoms with Crippen LogP contribution in [0.5, 0.6) is 5.75 Å². The Morgan fingerprint density at radius 3 is 2.12 bits per heavy atom. The minimum absolute atomic E-state index is 0.0389. The van der Waals surface area contributed by atoms with E-state index >= 15 is 0 Å². The number of fused-ring (bicyclic) bond motifs is 4. The molecule has 0 unspecified atom stereocenters. The molecule has 1 atom stereocenters. The van der Waals surface area contributed by atoms with Gasteiger partial charge in [0, 0.05) is 5.92 Å². The number of amides is 1. The van der Waals surface area contributed by atoms with Crippen LogP contribution in [-0.2, 0) is 9.53 Å². The van der Waals surface area contributed by atoms with Gasteiger partial charge >= 0.3 is 12.1 Å². The zero-order valence-electron chi connectivity index (χ0n) is 18.2. The molecule has 4 aromatic carbocycles. The fraction of sp³-hybridized carbons (Fsp3) is 0.143. The molecule has 5 nitrogen and oxygen atoms in total. The number of hydrogen-bond donors (Lipinski definition) is 1. The number of benzene rings is 4. The van der Waals surface area contributed by atoms with Crippen molar-refractivity contribution in [1.29, 1.82) is 0 Å². The first-order valence-electron chi connectivity index (χ1n) is 10.9. The van der Waals surface area contributed by atoms with Crippen LogP contribution in [0.25, 0.3) is 21.9 Å². The number of alkyl carbamates (subject to hydrolysis) is 1.